The van der Waals surface area contributed by atoms with Gasteiger partial charge in [0.2, 0.25) is 0 Å². The predicted octanol–water partition coefficient (Wildman–Crippen LogP) is 5.41. The van der Waals surface area contributed by atoms with Gasteiger partial charge in [0.1, 0.15) is 5.60 Å². The minimum Gasteiger partial charge on any atom is -0.466 e. The minimum absolute atomic E-state index is 0.00939. The molecular weight excluding hydrogens is 631 g/mol. The summed E-state index contributed by atoms with van der Waals surface area (Å²) in [7, 11) is 1.18. The molecule has 0 radical (unpaired) electrons. The normalized spacial score (nSPS) is 17.6. The van der Waals surface area contributed by atoms with E-state index in [9.17, 15) is 24.0 Å². The molecule has 0 bridgehead atoms. The van der Waals surface area contributed by atoms with Crippen LogP contribution >= 0.6 is 35.0 Å². The van der Waals surface area contributed by atoms with Crippen LogP contribution in [0.1, 0.15) is 47.9 Å². The van der Waals surface area contributed by atoms with Crippen LogP contribution in [0.2, 0.25) is 10.0 Å². The van der Waals surface area contributed by atoms with Gasteiger partial charge in [-0.2, -0.15) is 4.99 Å². The number of carbonyl (C=O) groups is 5. The lowest BCUT2D eigenvalue weighted by atomic mass is 10.1. The first-order chi connectivity index (χ1) is 20.8. The Morgan fingerprint density at radius 3 is 2.25 bits per heavy atom. The highest BCUT2D eigenvalue weighted by Gasteiger charge is 2.36. The van der Waals surface area contributed by atoms with E-state index in [1.165, 1.54) is 30.2 Å². The second-order valence-corrected chi connectivity index (χ2v) is 12.6. The number of hydrogen-bond acceptors (Lipinski definition) is 8. The van der Waals surface area contributed by atoms with Crippen LogP contribution in [0.3, 0.4) is 0 Å². The van der Waals surface area contributed by atoms with Crippen LogP contribution in [0, 0.1) is 0 Å². The summed E-state index contributed by atoms with van der Waals surface area (Å²) in [6.07, 6.45) is 1.18. The molecular formula is C30H30Cl2N4O7S. The number of esters is 1. The van der Waals surface area contributed by atoms with Crippen molar-refractivity contribution in [3.05, 3.63) is 74.6 Å². The van der Waals surface area contributed by atoms with E-state index in [-0.39, 0.29) is 26.6 Å². The maximum Gasteiger partial charge on any atom is 0.410 e. The number of methoxy groups -OCH3 is 1. The van der Waals surface area contributed by atoms with Gasteiger partial charge in [0, 0.05) is 42.8 Å². The fourth-order valence-corrected chi connectivity index (χ4v) is 5.75. The molecule has 44 heavy (non-hydrogen) atoms. The molecule has 232 valence electrons. The van der Waals surface area contributed by atoms with Crippen molar-refractivity contribution in [3.8, 4) is 0 Å². The lowest BCUT2D eigenvalue weighted by molar-refractivity contribution is -0.135. The van der Waals surface area contributed by atoms with Crippen molar-refractivity contribution in [1.29, 1.82) is 0 Å². The lowest BCUT2D eigenvalue weighted by Crippen LogP contribution is -2.40. The molecule has 11 nitrogen and oxygen atoms in total. The summed E-state index contributed by atoms with van der Waals surface area (Å²) < 4.78 is 10.1. The van der Waals surface area contributed by atoms with E-state index >= 15 is 0 Å². The number of rotatable bonds is 4. The molecule has 2 saturated heterocycles. The third-order valence-corrected chi connectivity index (χ3v) is 7.94. The number of amidine groups is 1. The Labute approximate surface area is 268 Å². The van der Waals surface area contributed by atoms with E-state index in [0.29, 0.717) is 48.9 Å². The molecule has 2 fully saturated rings. The Morgan fingerprint density at radius 2 is 1.61 bits per heavy atom. The van der Waals surface area contributed by atoms with E-state index in [1.54, 1.807) is 54.8 Å². The molecule has 4 amide bonds. The van der Waals surface area contributed by atoms with Gasteiger partial charge in [-0.15, -0.1) is 0 Å². The molecule has 0 unspecified atom stereocenters. The number of nitrogens with zero attached hydrogens (tertiary/aromatic N) is 4. The van der Waals surface area contributed by atoms with E-state index in [4.69, 9.17) is 27.9 Å². The van der Waals surface area contributed by atoms with Gasteiger partial charge in [0.05, 0.1) is 28.3 Å². The highest BCUT2D eigenvalue weighted by molar-refractivity contribution is 8.19. The zero-order valence-corrected chi connectivity index (χ0v) is 26.8. The number of halogens is 2. The third-order valence-electron chi connectivity index (χ3n) is 6.42. The van der Waals surface area contributed by atoms with Crippen molar-refractivity contribution >= 4 is 75.6 Å². The fourth-order valence-electron chi connectivity index (χ4n) is 4.32. The van der Waals surface area contributed by atoms with Crippen molar-refractivity contribution in [2.75, 3.05) is 38.2 Å². The molecule has 2 aromatic carbocycles. The summed E-state index contributed by atoms with van der Waals surface area (Å²) in [6, 6.07) is 10.5. The number of benzene rings is 2. The van der Waals surface area contributed by atoms with E-state index in [1.807, 2.05) is 0 Å². The summed E-state index contributed by atoms with van der Waals surface area (Å²) in [6.45, 7) is 6.98. The molecule has 2 aromatic rings. The van der Waals surface area contributed by atoms with Gasteiger partial charge in [-0.25, -0.2) is 9.59 Å². The molecule has 0 aliphatic carbocycles. The molecule has 0 spiro atoms. The van der Waals surface area contributed by atoms with Crippen molar-refractivity contribution in [1.82, 2.24) is 9.80 Å². The van der Waals surface area contributed by atoms with Crippen LogP contribution in [-0.4, -0.2) is 83.6 Å². The number of carbonyl (C=O) groups excluding carboxylic acids is 5. The second kappa shape index (κ2) is 13.8. The van der Waals surface area contributed by atoms with Crippen molar-refractivity contribution in [3.63, 3.8) is 0 Å². The number of hydrogen-bond donors (Lipinski definition) is 0. The average molecular weight is 662 g/mol. The monoisotopic (exact) mass is 660 g/mol. The van der Waals surface area contributed by atoms with Gasteiger partial charge in [0.25, 0.3) is 17.7 Å². The van der Waals surface area contributed by atoms with Crippen LogP contribution in [0.15, 0.2) is 58.4 Å². The van der Waals surface area contributed by atoms with Crippen LogP contribution in [-0.2, 0) is 19.1 Å². The summed E-state index contributed by atoms with van der Waals surface area (Å²) in [5.74, 6) is -2.32. The standard InChI is InChI=1S/C30H30Cl2N4O7S/c1-30(2,3)43-29(41)35-13-5-12-34(14-15-35)26(39)18-6-9-20(10-7-18)36-27(40)23(17-24(37)42-4)44-28(36)33-25(38)21-11-8-19(31)16-22(21)32/h6-11,16-17H,5,12-15H2,1-4H3. The number of anilines is 1. The van der Waals surface area contributed by atoms with E-state index < -0.39 is 29.5 Å². The van der Waals surface area contributed by atoms with Gasteiger partial charge >= 0.3 is 12.1 Å². The van der Waals surface area contributed by atoms with Gasteiger partial charge < -0.3 is 19.3 Å². The first-order valence-corrected chi connectivity index (χ1v) is 15.1. The Kier molecular flexibility index (Phi) is 10.4. The van der Waals surface area contributed by atoms with Crippen LogP contribution in [0.25, 0.3) is 0 Å². The Bertz CT molecular complexity index is 1550. The Balaban J connectivity index is 1.55. The maximum absolute atomic E-state index is 13.4. The van der Waals surface area contributed by atoms with Crippen LogP contribution < -0.4 is 4.90 Å². The summed E-state index contributed by atoms with van der Waals surface area (Å²) in [5, 5.41) is 0.406. The highest BCUT2D eigenvalue weighted by atomic mass is 35.5. The second-order valence-electron chi connectivity index (χ2n) is 10.8. The quantitative estimate of drug-likeness (QED) is 0.315. The largest absolute Gasteiger partial charge is 0.466 e. The molecule has 14 heteroatoms. The Hall–Kier alpha value is -3.87. The SMILES string of the molecule is COC(=O)C=C1SC(=NC(=O)c2ccc(Cl)cc2Cl)N(c2ccc(C(=O)N3CCCN(C(=O)OC(C)(C)C)CC3)cc2)C1=O. The fraction of sp³-hybridized carbons (Fsp3) is 0.333. The molecule has 2 aliphatic heterocycles. The predicted molar refractivity (Wildman–Crippen MR) is 168 cm³/mol. The molecule has 2 heterocycles. The van der Waals surface area contributed by atoms with Crippen molar-refractivity contribution in [2.24, 2.45) is 4.99 Å². The molecule has 0 aromatic heterocycles. The maximum atomic E-state index is 13.4. The minimum atomic E-state index is -0.752. The molecule has 2 aliphatic rings. The van der Waals surface area contributed by atoms with Crippen molar-refractivity contribution in [2.45, 2.75) is 32.8 Å². The lowest BCUT2D eigenvalue weighted by Gasteiger charge is -2.26. The number of ether oxygens (including phenoxy) is 2. The van der Waals surface area contributed by atoms with Crippen LogP contribution in [0.5, 0.6) is 0 Å². The summed E-state index contributed by atoms with van der Waals surface area (Å²) in [4.78, 5) is 72.7. The van der Waals surface area contributed by atoms with Crippen LogP contribution in [0.4, 0.5) is 10.5 Å². The Morgan fingerprint density at radius 1 is 0.955 bits per heavy atom. The molecule has 4 rings (SSSR count). The topological polar surface area (TPSA) is 126 Å². The first-order valence-electron chi connectivity index (χ1n) is 13.5. The summed E-state index contributed by atoms with van der Waals surface area (Å²) >= 11 is 12.9. The first kappa shape index (κ1) is 33.0. The van der Waals surface area contributed by atoms with Crippen molar-refractivity contribution < 1.29 is 33.4 Å². The third kappa shape index (κ3) is 7.99. The highest BCUT2D eigenvalue weighted by Crippen LogP contribution is 2.36. The van der Waals surface area contributed by atoms with Gasteiger partial charge in [0.15, 0.2) is 5.17 Å². The zero-order chi connectivity index (χ0) is 32.2. The molecule has 0 saturated carbocycles. The number of thioether (sulfide) groups is 1. The number of aliphatic imine (C=N–C) groups is 1. The smallest absolute Gasteiger partial charge is 0.410 e. The summed E-state index contributed by atoms with van der Waals surface area (Å²) in [5.41, 5.74) is 0.136. The zero-order valence-electron chi connectivity index (χ0n) is 24.5. The average Bonchev–Trinajstić information content (AvgIpc) is 3.11. The van der Waals surface area contributed by atoms with Gasteiger partial charge in [-0.1, -0.05) is 23.2 Å². The number of amides is 4. The molecule has 0 atom stereocenters. The van der Waals surface area contributed by atoms with E-state index in [0.717, 1.165) is 17.8 Å². The van der Waals surface area contributed by atoms with Gasteiger partial charge in [-0.05, 0) is 81.4 Å². The van der Waals surface area contributed by atoms with E-state index in [2.05, 4.69) is 9.73 Å². The van der Waals surface area contributed by atoms with Gasteiger partial charge in [-0.3, -0.25) is 19.3 Å². The molecule has 0 N–H and O–H groups in total.